The summed E-state index contributed by atoms with van der Waals surface area (Å²) < 4.78 is 39.9. The van der Waals surface area contributed by atoms with Gasteiger partial charge in [0.05, 0.1) is 15.8 Å². The number of para-hydroxylation sites is 1. The SMILES string of the molecule is FC(F)(F)c1cccc(Sc2ncccc2-c2nc3ccccc3s2)c1. The number of nitrogens with zero attached hydrogens (tertiary/aromatic N) is 2. The minimum atomic E-state index is -4.36. The van der Waals surface area contributed by atoms with Crippen molar-refractivity contribution >= 4 is 33.3 Å². The molecule has 0 unspecified atom stereocenters. The maximum Gasteiger partial charge on any atom is 0.416 e. The number of halogens is 3. The van der Waals surface area contributed by atoms with E-state index < -0.39 is 11.7 Å². The van der Waals surface area contributed by atoms with E-state index in [1.165, 1.54) is 29.2 Å². The van der Waals surface area contributed by atoms with Gasteiger partial charge in [-0.3, -0.25) is 0 Å². The summed E-state index contributed by atoms with van der Waals surface area (Å²) in [5.74, 6) is 0. The van der Waals surface area contributed by atoms with E-state index >= 15 is 0 Å². The highest BCUT2D eigenvalue weighted by Crippen LogP contribution is 2.39. The Kier molecular flexibility index (Phi) is 4.42. The van der Waals surface area contributed by atoms with Crippen LogP contribution in [0.15, 0.2) is 76.8 Å². The zero-order valence-corrected chi connectivity index (χ0v) is 14.8. The number of rotatable bonds is 3. The molecule has 4 aromatic rings. The van der Waals surface area contributed by atoms with Gasteiger partial charge in [-0.15, -0.1) is 11.3 Å². The number of alkyl halides is 3. The fourth-order valence-corrected chi connectivity index (χ4v) is 4.47. The Morgan fingerprint density at radius 2 is 1.77 bits per heavy atom. The number of aromatic nitrogens is 2. The van der Waals surface area contributed by atoms with E-state index in [0.717, 1.165) is 32.9 Å². The molecule has 2 aromatic heterocycles. The summed E-state index contributed by atoms with van der Waals surface area (Å²) in [7, 11) is 0. The summed E-state index contributed by atoms with van der Waals surface area (Å²) >= 11 is 2.74. The summed E-state index contributed by atoms with van der Waals surface area (Å²) in [6.45, 7) is 0. The topological polar surface area (TPSA) is 25.8 Å². The normalized spacial score (nSPS) is 11.8. The second-order valence-electron chi connectivity index (χ2n) is 5.47. The first-order valence-electron chi connectivity index (χ1n) is 7.67. The molecule has 2 heterocycles. The van der Waals surface area contributed by atoms with Gasteiger partial charge in [-0.1, -0.05) is 30.0 Å². The Hall–Kier alpha value is -2.38. The van der Waals surface area contributed by atoms with Crippen molar-refractivity contribution in [2.75, 3.05) is 0 Å². The molecule has 0 bridgehead atoms. The van der Waals surface area contributed by atoms with Crippen molar-refractivity contribution in [1.82, 2.24) is 9.97 Å². The van der Waals surface area contributed by atoms with Crippen LogP contribution in [0.5, 0.6) is 0 Å². The third-order valence-electron chi connectivity index (χ3n) is 3.67. The van der Waals surface area contributed by atoms with Crippen molar-refractivity contribution in [2.45, 2.75) is 16.1 Å². The lowest BCUT2D eigenvalue weighted by Gasteiger charge is -2.09. The summed E-state index contributed by atoms with van der Waals surface area (Å²) in [6.07, 6.45) is -2.73. The molecule has 2 aromatic carbocycles. The van der Waals surface area contributed by atoms with Crippen molar-refractivity contribution in [2.24, 2.45) is 0 Å². The molecule has 0 aliphatic heterocycles. The zero-order chi connectivity index (χ0) is 18.1. The maximum absolute atomic E-state index is 12.9. The number of hydrogen-bond acceptors (Lipinski definition) is 4. The standard InChI is InChI=1S/C19H11F3N2S2/c20-19(21,22)12-5-3-6-13(11-12)25-17-14(7-4-10-23-17)18-24-15-8-1-2-9-16(15)26-18/h1-11H. The highest BCUT2D eigenvalue weighted by molar-refractivity contribution is 7.99. The zero-order valence-electron chi connectivity index (χ0n) is 13.2. The minimum absolute atomic E-state index is 0.487. The van der Waals surface area contributed by atoms with E-state index in [1.807, 2.05) is 30.3 Å². The lowest BCUT2D eigenvalue weighted by molar-refractivity contribution is -0.137. The van der Waals surface area contributed by atoms with Crippen molar-refractivity contribution in [1.29, 1.82) is 0 Å². The van der Waals surface area contributed by atoms with Crippen LogP contribution in [0, 0.1) is 0 Å². The lowest BCUT2D eigenvalue weighted by Crippen LogP contribution is -2.04. The molecule has 0 fully saturated rings. The minimum Gasteiger partial charge on any atom is -0.249 e. The summed E-state index contributed by atoms with van der Waals surface area (Å²) in [4.78, 5) is 9.47. The van der Waals surface area contributed by atoms with E-state index in [0.29, 0.717) is 9.92 Å². The molecular formula is C19H11F3N2S2. The number of benzene rings is 2. The van der Waals surface area contributed by atoms with Gasteiger partial charge >= 0.3 is 6.18 Å². The van der Waals surface area contributed by atoms with E-state index in [1.54, 1.807) is 18.3 Å². The van der Waals surface area contributed by atoms with Crippen LogP contribution in [-0.4, -0.2) is 9.97 Å². The van der Waals surface area contributed by atoms with Crippen LogP contribution >= 0.6 is 23.1 Å². The largest absolute Gasteiger partial charge is 0.416 e. The summed E-state index contributed by atoms with van der Waals surface area (Å²) in [6, 6.07) is 16.8. The van der Waals surface area contributed by atoms with Gasteiger partial charge in [0.25, 0.3) is 0 Å². The van der Waals surface area contributed by atoms with Crippen LogP contribution in [0.3, 0.4) is 0 Å². The molecule has 0 radical (unpaired) electrons. The number of pyridine rings is 1. The average molecular weight is 388 g/mol. The monoisotopic (exact) mass is 388 g/mol. The molecule has 26 heavy (non-hydrogen) atoms. The number of hydrogen-bond donors (Lipinski definition) is 0. The van der Waals surface area contributed by atoms with Crippen LogP contribution < -0.4 is 0 Å². The van der Waals surface area contributed by atoms with Gasteiger partial charge in [0, 0.05) is 16.7 Å². The highest BCUT2D eigenvalue weighted by Gasteiger charge is 2.30. The van der Waals surface area contributed by atoms with Crippen LogP contribution in [0.2, 0.25) is 0 Å². The first-order valence-corrected chi connectivity index (χ1v) is 9.30. The van der Waals surface area contributed by atoms with Gasteiger partial charge in [0.15, 0.2) is 0 Å². The van der Waals surface area contributed by atoms with Crippen LogP contribution in [0.4, 0.5) is 13.2 Å². The van der Waals surface area contributed by atoms with E-state index in [-0.39, 0.29) is 0 Å². The van der Waals surface area contributed by atoms with Gasteiger partial charge < -0.3 is 0 Å². The predicted molar refractivity (Wildman–Crippen MR) is 98.4 cm³/mol. The Morgan fingerprint density at radius 3 is 2.58 bits per heavy atom. The Morgan fingerprint density at radius 1 is 0.923 bits per heavy atom. The Labute approximate surface area is 155 Å². The summed E-state index contributed by atoms with van der Waals surface area (Å²) in [5, 5.41) is 1.43. The van der Waals surface area contributed by atoms with Gasteiger partial charge in [-0.05, 0) is 42.5 Å². The molecule has 0 N–H and O–H groups in total. The molecule has 0 aliphatic rings. The highest BCUT2D eigenvalue weighted by atomic mass is 32.2. The van der Waals surface area contributed by atoms with Crippen LogP contribution in [-0.2, 0) is 6.18 Å². The molecule has 0 saturated heterocycles. The first-order chi connectivity index (χ1) is 12.5. The molecule has 0 spiro atoms. The fraction of sp³-hybridized carbons (Fsp3) is 0.0526. The molecule has 130 valence electrons. The third kappa shape index (κ3) is 3.45. The Bertz CT molecular complexity index is 1040. The molecule has 0 amide bonds. The lowest BCUT2D eigenvalue weighted by atomic mass is 10.2. The Balaban J connectivity index is 1.73. The number of thiazole rings is 1. The third-order valence-corrected chi connectivity index (χ3v) is 5.75. The van der Waals surface area contributed by atoms with Crippen molar-refractivity contribution < 1.29 is 13.2 Å². The predicted octanol–water partition coefficient (Wildman–Crippen LogP) is 6.53. The summed E-state index contributed by atoms with van der Waals surface area (Å²) in [5.41, 5.74) is 1.04. The fourth-order valence-electron chi connectivity index (χ4n) is 2.47. The van der Waals surface area contributed by atoms with E-state index in [2.05, 4.69) is 9.97 Å². The van der Waals surface area contributed by atoms with Crippen molar-refractivity contribution in [3.05, 3.63) is 72.4 Å². The average Bonchev–Trinajstić information content (AvgIpc) is 3.06. The van der Waals surface area contributed by atoms with Gasteiger partial charge in [-0.25, -0.2) is 9.97 Å². The van der Waals surface area contributed by atoms with Gasteiger partial charge in [0.2, 0.25) is 0 Å². The number of fused-ring (bicyclic) bond motifs is 1. The maximum atomic E-state index is 12.9. The molecule has 0 atom stereocenters. The van der Waals surface area contributed by atoms with Crippen molar-refractivity contribution in [3.63, 3.8) is 0 Å². The van der Waals surface area contributed by atoms with Crippen LogP contribution in [0.1, 0.15) is 5.56 Å². The molecule has 0 aliphatic carbocycles. The quantitative estimate of drug-likeness (QED) is 0.399. The molecule has 2 nitrogen and oxygen atoms in total. The smallest absolute Gasteiger partial charge is 0.249 e. The van der Waals surface area contributed by atoms with Crippen LogP contribution in [0.25, 0.3) is 20.8 Å². The molecule has 7 heteroatoms. The molecular weight excluding hydrogens is 377 g/mol. The first kappa shape index (κ1) is 17.1. The second kappa shape index (κ2) is 6.74. The van der Waals surface area contributed by atoms with Crippen molar-refractivity contribution in [3.8, 4) is 10.6 Å². The van der Waals surface area contributed by atoms with Gasteiger partial charge in [0.1, 0.15) is 10.0 Å². The second-order valence-corrected chi connectivity index (χ2v) is 7.56. The van der Waals surface area contributed by atoms with Gasteiger partial charge in [-0.2, -0.15) is 13.2 Å². The molecule has 4 rings (SSSR count). The molecule has 0 saturated carbocycles. The van der Waals surface area contributed by atoms with E-state index in [9.17, 15) is 13.2 Å². The van der Waals surface area contributed by atoms with E-state index in [4.69, 9.17) is 0 Å².